The molecule has 116 valence electrons. The predicted molar refractivity (Wildman–Crippen MR) is 90.4 cm³/mol. The minimum Gasteiger partial charge on any atom is -0.496 e. The molecule has 0 aliphatic heterocycles. The van der Waals surface area contributed by atoms with Gasteiger partial charge < -0.3 is 9.64 Å². The highest BCUT2D eigenvalue weighted by Crippen LogP contribution is 2.33. The van der Waals surface area contributed by atoms with Gasteiger partial charge in [-0.3, -0.25) is 4.79 Å². The lowest BCUT2D eigenvalue weighted by molar-refractivity contribution is 0.0770. The number of methoxy groups -OCH3 is 1. The van der Waals surface area contributed by atoms with Crippen molar-refractivity contribution in [1.29, 1.82) is 0 Å². The number of hydrogen-bond donors (Lipinski definition) is 0. The highest BCUT2D eigenvalue weighted by molar-refractivity contribution is 6.03. The van der Waals surface area contributed by atoms with Gasteiger partial charge in [0.1, 0.15) is 5.75 Å². The number of carbonyl (C=O) groups is 1. The maximum Gasteiger partial charge on any atom is 0.258 e. The van der Waals surface area contributed by atoms with E-state index in [9.17, 15) is 4.79 Å². The van der Waals surface area contributed by atoms with Crippen molar-refractivity contribution in [3.8, 4) is 16.9 Å². The van der Waals surface area contributed by atoms with Gasteiger partial charge in [0.15, 0.2) is 0 Å². The molecule has 3 nitrogen and oxygen atoms in total. The Morgan fingerprint density at radius 2 is 1.64 bits per heavy atom. The highest BCUT2D eigenvalue weighted by Gasteiger charge is 2.22. The summed E-state index contributed by atoms with van der Waals surface area (Å²) in [6.45, 7) is 7.40. The number of carbonyl (C=O) groups excluding carboxylic acids is 1. The molecule has 0 fully saturated rings. The zero-order valence-corrected chi connectivity index (χ0v) is 13.7. The number of hydrogen-bond acceptors (Lipinski definition) is 2. The van der Waals surface area contributed by atoms with Gasteiger partial charge in [0, 0.05) is 13.1 Å². The Labute approximate surface area is 132 Å². The molecular formula is C19H23NO2. The number of amides is 1. The largest absolute Gasteiger partial charge is 0.496 e. The monoisotopic (exact) mass is 297 g/mol. The topological polar surface area (TPSA) is 29.5 Å². The van der Waals surface area contributed by atoms with Crippen LogP contribution < -0.4 is 4.74 Å². The van der Waals surface area contributed by atoms with E-state index < -0.39 is 0 Å². The molecule has 0 spiro atoms. The fourth-order valence-electron chi connectivity index (χ4n) is 2.69. The Kier molecular flexibility index (Phi) is 5.21. The minimum atomic E-state index is 0.0145. The first-order valence-electron chi connectivity index (χ1n) is 7.66. The van der Waals surface area contributed by atoms with Crippen LogP contribution in [0.1, 0.15) is 29.8 Å². The Morgan fingerprint density at radius 1 is 1.00 bits per heavy atom. The molecule has 0 bridgehead atoms. The second-order valence-corrected chi connectivity index (χ2v) is 5.18. The third kappa shape index (κ3) is 2.98. The summed E-state index contributed by atoms with van der Waals surface area (Å²) in [5, 5.41) is 0. The second-order valence-electron chi connectivity index (χ2n) is 5.18. The van der Waals surface area contributed by atoms with Gasteiger partial charge in [-0.15, -0.1) is 0 Å². The van der Waals surface area contributed by atoms with Crippen LogP contribution in [0.25, 0.3) is 11.1 Å². The summed E-state index contributed by atoms with van der Waals surface area (Å²) in [4.78, 5) is 14.8. The van der Waals surface area contributed by atoms with E-state index in [1.165, 1.54) is 0 Å². The predicted octanol–water partition coefficient (Wildman–Crippen LogP) is 4.15. The van der Waals surface area contributed by atoms with Crippen molar-refractivity contribution in [2.45, 2.75) is 20.8 Å². The molecule has 2 rings (SSSR count). The van der Waals surface area contributed by atoms with Crippen molar-refractivity contribution in [2.75, 3.05) is 20.2 Å². The molecule has 0 unspecified atom stereocenters. The lowest BCUT2D eigenvalue weighted by Gasteiger charge is -2.22. The third-order valence-electron chi connectivity index (χ3n) is 3.95. The fraction of sp³-hybridized carbons (Fsp3) is 0.316. The lowest BCUT2D eigenvalue weighted by atomic mass is 9.94. The number of nitrogens with zero attached hydrogens (tertiary/aromatic N) is 1. The number of aryl methyl sites for hydroxylation is 1. The van der Waals surface area contributed by atoms with Crippen LogP contribution in [-0.4, -0.2) is 31.0 Å². The molecule has 3 heteroatoms. The van der Waals surface area contributed by atoms with E-state index in [4.69, 9.17) is 4.74 Å². The highest BCUT2D eigenvalue weighted by atomic mass is 16.5. The first kappa shape index (κ1) is 16.1. The van der Waals surface area contributed by atoms with Gasteiger partial charge >= 0.3 is 0 Å². The number of ether oxygens (including phenoxy) is 1. The van der Waals surface area contributed by atoms with Gasteiger partial charge in [-0.05, 0) is 43.5 Å². The van der Waals surface area contributed by atoms with Crippen molar-refractivity contribution >= 4 is 5.91 Å². The van der Waals surface area contributed by atoms with Gasteiger partial charge in [0.05, 0.1) is 12.7 Å². The van der Waals surface area contributed by atoms with Crippen molar-refractivity contribution < 1.29 is 9.53 Å². The molecule has 0 heterocycles. The van der Waals surface area contributed by atoms with Crippen LogP contribution in [0.15, 0.2) is 42.5 Å². The first-order valence-corrected chi connectivity index (χ1v) is 7.66. The average Bonchev–Trinajstić information content (AvgIpc) is 2.55. The van der Waals surface area contributed by atoms with Crippen LogP contribution in [0.2, 0.25) is 0 Å². The van der Waals surface area contributed by atoms with Crippen LogP contribution in [0.3, 0.4) is 0 Å². The number of rotatable bonds is 5. The molecule has 2 aromatic carbocycles. The SMILES string of the molecule is CCN(CC)C(=O)c1c(OC)cccc1-c1ccccc1C. The van der Waals surface area contributed by atoms with E-state index in [1.54, 1.807) is 7.11 Å². The summed E-state index contributed by atoms with van der Waals surface area (Å²) in [5.41, 5.74) is 3.78. The molecule has 22 heavy (non-hydrogen) atoms. The van der Waals surface area contributed by atoms with Crippen molar-refractivity contribution in [3.63, 3.8) is 0 Å². The van der Waals surface area contributed by atoms with E-state index in [1.807, 2.05) is 55.1 Å². The zero-order chi connectivity index (χ0) is 16.1. The molecule has 0 atom stereocenters. The van der Waals surface area contributed by atoms with Crippen LogP contribution in [0, 0.1) is 6.92 Å². The van der Waals surface area contributed by atoms with E-state index in [2.05, 4.69) is 13.0 Å². The lowest BCUT2D eigenvalue weighted by Crippen LogP contribution is -2.31. The molecule has 0 radical (unpaired) electrons. The Morgan fingerprint density at radius 3 is 2.23 bits per heavy atom. The summed E-state index contributed by atoms with van der Waals surface area (Å²) in [7, 11) is 1.61. The molecule has 2 aromatic rings. The minimum absolute atomic E-state index is 0.0145. The van der Waals surface area contributed by atoms with Crippen molar-refractivity contribution in [2.24, 2.45) is 0 Å². The summed E-state index contributed by atoms with van der Waals surface area (Å²) < 4.78 is 5.46. The quantitative estimate of drug-likeness (QED) is 0.829. The smallest absolute Gasteiger partial charge is 0.258 e. The van der Waals surface area contributed by atoms with E-state index in [-0.39, 0.29) is 5.91 Å². The molecule has 0 aliphatic carbocycles. The van der Waals surface area contributed by atoms with Crippen LogP contribution in [-0.2, 0) is 0 Å². The summed E-state index contributed by atoms with van der Waals surface area (Å²) >= 11 is 0. The second kappa shape index (κ2) is 7.12. The molecule has 1 amide bonds. The van der Waals surface area contributed by atoms with Gasteiger partial charge in [-0.2, -0.15) is 0 Å². The summed E-state index contributed by atoms with van der Waals surface area (Å²) in [6, 6.07) is 13.9. The maximum absolute atomic E-state index is 12.9. The van der Waals surface area contributed by atoms with E-state index >= 15 is 0 Å². The average molecular weight is 297 g/mol. The van der Waals surface area contributed by atoms with Crippen LogP contribution >= 0.6 is 0 Å². The molecule has 0 saturated carbocycles. The number of benzene rings is 2. The molecule has 0 N–H and O–H groups in total. The summed E-state index contributed by atoms with van der Waals surface area (Å²) in [6.07, 6.45) is 0. The van der Waals surface area contributed by atoms with Crippen LogP contribution in [0.4, 0.5) is 0 Å². The fourth-order valence-corrected chi connectivity index (χ4v) is 2.69. The Bertz CT molecular complexity index is 660. The molecular weight excluding hydrogens is 274 g/mol. The van der Waals surface area contributed by atoms with Crippen molar-refractivity contribution in [1.82, 2.24) is 4.90 Å². The standard InChI is InChI=1S/C19H23NO2/c1-5-20(6-2)19(21)18-16(12-9-13-17(18)22-4)15-11-8-7-10-14(15)3/h7-13H,5-6H2,1-4H3. The van der Waals surface area contributed by atoms with E-state index in [0.29, 0.717) is 24.4 Å². The van der Waals surface area contributed by atoms with Gasteiger partial charge in [0.25, 0.3) is 5.91 Å². The Hall–Kier alpha value is -2.29. The normalized spacial score (nSPS) is 10.4. The first-order chi connectivity index (χ1) is 10.6. The van der Waals surface area contributed by atoms with Gasteiger partial charge in [-0.25, -0.2) is 0 Å². The van der Waals surface area contributed by atoms with Gasteiger partial charge in [0.2, 0.25) is 0 Å². The Balaban J connectivity index is 2.66. The third-order valence-corrected chi connectivity index (χ3v) is 3.95. The summed E-state index contributed by atoms with van der Waals surface area (Å²) in [5.74, 6) is 0.637. The molecule has 0 aliphatic rings. The van der Waals surface area contributed by atoms with E-state index in [0.717, 1.165) is 16.7 Å². The van der Waals surface area contributed by atoms with Crippen LogP contribution in [0.5, 0.6) is 5.75 Å². The zero-order valence-electron chi connectivity index (χ0n) is 13.7. The van der Waals surface area contributed by atoms with Crippen molar-refractivity contribution in [3.05, 3.63) is 53.6 Å². The van der Waals surface area contributed by atoms with Gasteiger partial charge in [-0.1, -0.05) is 36.4 Å². The maximum atomic E-state index is 12.9. The molecule has 0 aromatic heterocycles. The molecule has 0 saturated heterocycles.